The van der Waals surface area contributed by atoms with E-state index in [1.54, 1.807) is 17.3 Å². The molecule has 2 N–H and O–H groups in total. The first-order valence-corrected chi connectivity index (χ1v) is 13.9. The summed E-state index contributed by atoms with van der Waals surface area (Å²) in [4.78, 5) is 23.4. The van der Waals surface area contributed by atoms with E-state index in [1.165, 1.54) is 4.31 Å². The molecule has 192 valence electrons. The van der Waals surface area contributed by atoms with Gasteiger partial charge < -0.3 is 20.1 Å². The number of sulfonamides is 1. The van der Waals surface area contributed by atoms with Gasteiger partial charge in [-0.1, -0.05) is 0 Å². The highest BCUT2D eigenvalue weighted by molar-refractivity contribution is 7.88. The number of ether oxygens (including phenoxy) is 1. The Bertz CT molecular complexity index is 1170. The van der Waals surface area contributed by atoms with Crippen molar-refractivity contribution >= 4 is 32.7 Å². The van der Waals surface area contributed by atoms with E-state index in [1.807, 2.05) is 32.9 Å². The lowest BCUT2D eigenvalue weighted by molar-refractivity contribution is 0.0204. The zero-order valence-electron chi connectivity index (χ0n) is 20.8. The maximum atomic E-state index is 12.4. The van der Waals surface area contributed by atoms with Crippen LogP contribution in [0.3, 0.4) is 0 Å². The van der Waals surface area contributed by atoms with Gasteiger partial charge in [0.1, 0.15) is 11.4 Å². The van der Waals surface area contributed by atoms with E-state index in [4.69, 9.17) is 4.74 Å². The Morgan fingerprint density at radius 2 is 1.89 bits per heavy atom. The summed E-state index contributed by atoms with van der Waals surface area (Å²) in [6, 6.07) is 3.58. The minimum absolute atomic E-state index is 0.0626. The minimum atomic E-state index is -3.33. The van der Waals surface area contributed by atoms with Gasteiger partial charge in [0.25, 0.3) is 0 Å². The Labute approximate surface area is 206 Å². The highest BCUT2D eigenvalue weighted by Crippen LogP contribution is 2.33. The molecular formula is C24H35N5O5S. The average Bonchev–Trinajstić information content (AvgIpc) is 2.78. The van der Waals surface area contributed by atoms with Gasteiger partial charge in [0.2, 0.25) is 10.0 Å². The quantitative estimate of drug-likeness (QED) is 0.650. The number of amides is 1. The van der Waals surface area contributed by atoms with Crippen molar-refractivity contribution in [1.29, 1.82) is 0 Å². The van der Waals surface area contributed by atoms with Crippen molar-refractivity contribution in [2.45, 2.75) is 63.7 Å². The molecule has 4 rings (SSSR count). The molecule has 0 unspecified atom stereocenters. The second-order valence-electron chi connectivity index (χ2n) is 10.5. The number of anilines is 1. The summed E-state index contributed by atoms with van der Waals surface area (Å²) < 4.78 is 30.4. The maximum absolute atomic E-state index is 12.4. The number of aliphatic hydroxyl groups excluding tert-OH is 1. The maximum Gasteiger partial charge on any atom is 0.410 e. The molecule has 2 atom stereocenters. The zero-order valence-corrected chi connectivity index (χ0v) is 21.6. The van der Waals surface area contributed by atoms with E-state index in [-0.39, 0.29) is 24.6 Å². The molecule has 2 fully saturated rings. The van der Waals surface area contributed by atoms with Crippen LogP contribution in [-0.2, 0) is 14.8 Å². The van der Waals surface area contributed by atoms with Gasteiger partial charge in [0.05, 0.1) is 24.1 Å². The lowest BCUT2D eigenvalue weighted by Gasteiger charge is -2.35. The monoisotopic (exact) mass is 505 g/mol. The van der Waals surface area contributed by atoms with Crippen molar-refractivity contribution in [3.63, 3.8) is 0 Å². The summed E-state index contributed by atoms with van der Waals surface area (Å²) >= 11 is 0. The number of nitrogens with one attached hydrogen (secondary N) is 1. The van der Waals surface area contributed by atoms with E-state index >= 15 is 0 Å². The fourth-order valence-electron chi connectivity index (χ4n) is 4.72. The van der Waals surface area contributed by atoms with Crippen molar-refractivity contribution in [2.24, 2.45) is 0 Å². The van der Waals surface area contributed by atoms with E-state index in [2.05, 4.69) is 15.3 Å². The molecule has 2 saturated heterocycles. The summed E-state index contributed by atoms with van der Waals surface area (Å²) in [5.74, 6) is 0.825. The van der Waals surface area contributed by atoms with E-state index in [0.29, 0.717) is 31.9 Å². The Morgan fingerprint density at radius 1 is 1.17 bits per heavy atom. The van der Waals surface area contributed by atoms with Gasteiger partial charge in [-0.15, -0.1) is 0 Å². The molecule has 35 heavy (non-hydrogen) atoms. The number of carbonyl (C=O) groups is 1. The molecule has 0 saturated carbocycles. The number of carbonyl (C=O) groups excluding carboxylic acids is 1. The van der Waals surface area contributed by atoms with Gasteiger partial charge in [-0.3, -0.25) is 4.98 Å². The number of pyridine rings is 2. The van der Waals surface area contributed by atoms with Crippen LogP contribution in [0.4, 0.5) is 10.6 Å². The number of rotatable bonds is 4. The third-order valence-electron chi connectivity index (χ3n) is 6.56. The number of β-amino-alcohol motifs (C(OH)–C–C–N with tert-alkyl or cyclic N) is 1. The van der Waals surface area contributed by atoms with Crippen molar-refractivity contribution in [1.82, 2.24) is 19.2 Å². The number of aromatic nitrogens is 2. The Kier molecular flexibility index (Phi) is 7.21. The fourth-order valence-corrected chi connectivity index (χ4v) is 5.58. The van der Waals surface area contributed by atoms with Crippen molar-refractivity contribution in [2.75, 3.05) is 37.8 Å². The molecule has 2 aromatic heterocycles. The predicted octanol–water partition coefficient (Wildman–Crippen LogP) is 2.55. The molecule has 1 amide bonds. The lowest BCUT2D eigenvalue weighted by Crippen LogP contribution is -2.51. The van der Waals surface area contributed by atoms with Crippen LogP contribution in [-0.4, -0.2) is 89.0 Å². The molecular weight excluding hydrogens is 470 g/mol. The molecule has 0 bridgehead atoms. The number of likely N-dealkylation sites (tertiary alicyclic amines) is 1. The molecule has 2 aliphatic rings. The van der Waals surface area contributed by atoms with Crippen LogP contribution in [0.5, 0.6) is 0 Å². The van der Waals surface area contributed by atoms with E-state index in [0.717, 1.165) is 35.6 Å². The Balaban J connectivity index is 1.46. The van der Waals surface area contributed by atoms with Crippen molar-refractivity contribution in [3.8, 4) is 0 Å². The van der Waals surface area contributed by atoms with Gasteiger partial charge in [0, 0.05) is 55.3 Å². The molecule has 4 heterocycles. The molecule has 0 aromatic carbocycles. The van der Waals surface area contributed by atoms with Crippen LogP contribution in [0.2, 0.25) is 0 Å². The van der Waals surface area contributed by atoms with Gasteiger partial charge in [-0.05, 0) is 52.2 Å². The number of piperidine rings is 2. The third kappa shape index (κ3) is 6.20. The topological polar surface area (TPSA) is 125 Å². The number of hydrogen-bond donors (Lipinski definition) is 2. The molecule has 2 aliphatic heterocycles. The molecule has 0 aliphatic carbocycles. The first-order chi connectivity index (χ1) is 16.4. The highest BCUT2D eigenvalue weighted by Gasteiger charge is 2.32. The van der Waals surface area contributed by atoms with Gasteiger partial charge in [-0.2, -0.15) is 4.31 Å². The van der Waals surface area contributed by atoms with Crippen molar-refractivity contribution < 1.29 is 23.1 Å². The normalized spacial score (nSPS) is 22.8. The van der Waals surface area contributed by atoms with Gasteiger partial charge in [-0.25, -0.2) is 18.2 Å². The summed E-state index contributed by atoms with van der Waals surface area (Å²) in [6.07, 6.45) is 5.69. The highest BCUT2D eigenvalue weighted by atomic mass is 32.2. The molecule has 2 aromatic rings. The van der Waals surface area contributed by atoms with Gasteiger partial charge >= 0.3 is 6.09 Å². The zero-order chi connectivity index (χ0) is 25.4. The number of aliphatic hydroxyl groups is 1. The van der Waals surface area contributed by atoms with Crippen LogP contribution in [0.15, 0.2) is 24.5 Å². The predicted molar refractivity (Wildman–Crippen MR) is 134 cm³/mol. The molecule has 0 radical (unpaired) electrons. The van der Waals surface area contributed by atoms with Crippen LogP contribution in [0.25, 0.3) is 10.8 Å². The SMILES string of the molecule is CC(C)(C)OC(=O)N1CCC(c2nccc3cnc(N[C@@H]4CCN(S(C)(=O)=O)C[C@H]4O)cc23)CC1. The standard InChI is InChI=1S/C24H35N5O5S/c1-24(2,3)34-23(31)28-10-6-16(7-11-28)22-18-13-21(26-14-17(18)5-9-25-22)27-19-8-12-29(15-20(19)30)35(4,32)33/h5,9,13-14,16,19-20,30H,6-8,10-12,15H2,1-4H3,(H,26,27)/t19-,20-/m1/s1. The molecule has 10 nitrogen and oxygen atoms in total. The van der Waals surface area contributed by atoms with E-state index in [9.17, 15) is 18.3 Å². The minimum Gasteiger partial charge on any atom is -0.444 e. The Hall–Kier alpha value is -2.50. The molecule has 0 spiro atoms. The lowest BCUT2D eigenvalue weighted by atomic mass is 9.90. The van der Waals surface area contributed by atoms with E-state index < -0.39 is 21.7 Å². The van der Waals surface area contributed by atoms with Crippen molar-refractivity contribution in [3.05, 3.63) is 30.2 Å². The first-order valence-electron chi connectivity index (χ1n) is 12.0. The van der Waals surface area contributed by atoms with Crippen LogP contribution in [0, 0.1) is 0 Å². The number of fused-ring (bicyclic) bond motifs is 1. The number of hydrogen-bond acceptors (Lipinski definition) is 8. The second kappa shape index (κ2) is 9.87. The largest absolute Gasteiger partial charge is 0.444 e. The molecule has 11 heteroatoms. The number of nitrogens with zero attached hydrogens (tertiary/aromatic N) is 4. The van der Waals surface area contributed by atoms with Crippen LogP contribution in [0.1, 0.15) is 51.6 Å². The first kappa shape index (κ1) is 25.6. The van der Waals surface area contributed by atoms with Gasteiger partial charge in [0.15, 0.2) is 0 Å². The Morgan fingerprint density at radius 3 is 2.51 bits per heavy atom. The third-order valence-corrected chi connectivity index (χ3v) is 7.83. The summed E-state index contributed by atoms with van der Waals surface area (Å²) in [7, 11) is -3.33. The summed E-state index contributed by atoms with van der Waals surface area (Å²) in [5, 5.41) is 15.8. The van der Waals surface area contributed by atoms with Crippen LogP contribution >= 0.6 is 0 Å². The fraction of sp³-hybridized carbons (Fsp3) is 0.625. The van der Waals surface area contributed by atoms with Crippen LogP contribution < -0.4 is 5.32 Å². The summed E-state index contributed by atoms with van der Waals surface area (Å²) in [5.41, 5.74) is 0.459. The smallest absolute Gasteiger partial charge is 0.410 e. The second-order valence-corrected chi connectivity index (χ2v) is 12.4. The summed E-state index contributed by atoms with van der Waals surface area (Å²) in [6.45, 7) is 7.23. The average molecular weight is 506 g/mol.